The van der Waals surface area contributed by atoms with Crippen LogP contribution in [0.1, 0.15) is 25.3 Å². The van der Waals surface area contributed by atoms with E-state index in [-0.39, 0.29) is 24.1 Å². The van der Waals surface area contributed by atoms with E-state index in [2.05, 4.69) is 4.74 Å². The van der Waals surface area contributed by atoms with Crippen LogP contribution in [0.2, 0.25) is 0 Å². The maximum absolute atomic E-state index is 12.6. The molecule has 0 aromatic heterocycles. The number of hydrogen-bond acceptors (Lipinski definition) is 3. The van der Waals surface area contributed by atoms with E-state index in [4.69, 9.17) is 0 Å². The molecule has 24 heavy (non-hydrogen) atoms. The van der Waals surface area contributed by atoms with Crippen molar-refractivity contribution in [3.05, 3.63) is 29.8 Å². The van der Waals surface area contributed by atoms with Gasteiger partial charge in [-0.2, -0.15) is 0 Å². The van der Waals surface area contributed by atoms with E-state index < -0.39 is 18.4 Å². The number of piperazine rings is 1. The van der Waals surface area contributed by atoms with E-state index in [1.54, 1.807) is 11.8 Å². The number of amides is 2. The van der Waals surface area contributed by atoms with Gasteiger partial charge in [-0.25, -0.2) is 0 Å². The minimum absolute atomic E-state index is 0.0749. The average molecular weight is 342 g/mol. The molecule has 0 saturated carbocycles. The van der Waals surface area contributed by atoms with Gasteiger partial charge >= 0.3 is 6.36 Å². The van der Waals surface area contributed by atoms with Gasteiger partial charge in [-0.3, -0.25) is 9.59 Å². The molecule has 2 atom stereocenters. The Morgan fingerprint density at radius 3 is 2.46 bits per heavy atom. The number of carbonyl (C=O) groups is 2. The summed E-state index contributed by atoms with van der Waals surface area (Å²) in [7, 11) is 0. The average Bonchev–Trinajstić information content (AvgIpc) is 2.99. The SMILES string of the molecule is C[C@H]1C(=O)N2CCC[C@@H]2C(=O)N1Cc1ccc(OC(F)(F)F)cc1. The number of fused-ring (bicyclic) bond motifs is 1. The summed E-state index contributed by atoms with van der Waals surface area (Å²) in [6.07, 6.45) is -3.27. The molecule has 5 nitrogen and oxygen atoms in total. The number of rotatable bonds is 3. The zero-order valence-electron chi connectivity index (χ0n) is 13.0. The molecular formula is C16H17F3N2O3. The van der Waals surface area contributed by atoms with Crippen molar-refractivity contribution in [1.82, 2.24) is 9.80 Å². The third-order valence-corrected chi connectivity index (χ3v) is 4.44. The van der Waals surface area contributed by atoms with E-state index in [1.807, 2.05) is 0 Å². The monoisotopic (exact) mass is 342 g/mol. The Bertz CT molecular complexity index is 645. The van der Waals surface area contributed by atoms with Crippen molar-refractivity contribution in [3.8, 4) is 5.75 Å². The molecule has 2 amide bonds. The van der Waals surface area contributed by atoms with Crippen LogP contribution < -0.4 is 4.74 Å². The fourth-order valence-corrected chi connectivity index (χ4v) is 3.25. The van der Waals surface area contributed by atoms with Crippen molar-refractivity contribution in [1.29, 1.82) is 0 Å². The summed E-state index contributed by atoms with van der Waals surface area (Å²) in [5, 5.41) is 0. The molecule has 2 aliphatic rings. The van der Waals surface area contributed by atoms with Crippen LogP contribution in [0.3, 0.4) is 0 Å². The van der Waals surface area contributed by atoms with E-state index in [0.29, 0.717) is 18.5 Å². The zero-order chi connectivity index (χ0) is 17.5. The Morgan fingerprint density at radius 1 is 1.17 bits per heavy atom. The van der Waals surface area contributed by atoms with E-state index in [0.717, 1.165) is 6.42 Å². The third-order valence-electron chi connectivity index (χ3n) is 4.44. The van der Waals surface area contributed by atoms with Gasteiger partial charge < -0.3 is 14.5 Å². The van der Waals surface area contributed by atoms with Crippen LogP contribution in [0.5, 0.6) is 5.75 Å². The highest BCUT2D eigenvalue weighted by atomic mass is 19.4. The van der Waals surface area contributed by atoms with Crippen LogP contribution in [0.25, 0.3) is 0 Å². The number of carbonyl (C=O) groups excluding carboxylic acids is 2. The van der Waals surface area contributed by atoms with Gasteiger partial charge in [0.15, 0.2) is 0 Å². The Morgan fingerprint density at radius 2 is 1.83 bits per heavy atom. The third kappa shape index (κ3) is 3.18. The minimum Gasteiger partial charge on any atom is -0.406 e. The van der Waals surface area contributed by atoms with E-state index in [9.17, 15) is 22.8 Å². The number of hydrogen-bond donors (Lipinski definition) is 0. The summed E-state index contributed by atoms with van der Waals surface area (Å²) in [6, 6.07) is 4.36. The van der Waals surface area contributed by atoms with Crippen molar-refractivity contribution in [2.45, 2.75) is 44.8 Å². The molecule has 0 unspecified atom stereocenters. The summed E-state index contributed by atoms with van der Waals surface area (Å²) < 4.78 is 40.3. The molecular weight excluding hydrogens is 325 g/mol. The number of alkyl halides is 3. The Kier molecular flexibility index (Phi) is 4.15. The second-order valence-corrected chi connectivity index (χ2v) is 6.02. The lowest BCUT2D eigenvalue weighted by atomic mass is 10.0. The number of halogens is 3. The summed E-state index contributed by atoms with van der Waals surface area (Å²) in [6.45, 7) is 2.47. The molecule has 8 heteroatoms. The fourth-order valence-electron chi connectivity index (χ4n) is 3.25. The number of benzene rings is 1. The molecule has 2 heterocycles. The molecule has 0 N–H and O–H groups in total. The summed E-state index contributed by atoms with van der Waals surface area (Å²) in [4.78, 5) is 28.1. The first-order valence-electron chi connectivity index (χ1n) is 7.72. The van der Waals surface area contributed by atoms with Gasteiger partial charge in [0.1, 0.15) is 17.8 Å². The highest BCUT2D eigenvalue weighted by Crippen LogP contribution is 2.28. The van der Waals surface area contributed by atoms with Crippen LogP contribution in [0.15, 0.2) is 24.3 Å². The van der Waals surface area contributed by atoms with Crippen molar-refractivity contribution in [3.63, 3.8) is 0 Å². The standard InChI is InChI=1S/C16H17F3N2O3/c1-10-14(22)20-8-2-3-13(20)15(23)21(10)9-11-4-6-12(7-5-11)24-16(17,18)19/h4-7,10,13H,2-3,8-9H2,1H3/t10-,13+/m0/s1. The van der Waals surface area contributed by atoms with Crippen molar-refractivity contribution >= 4 is 11.8 Å². The number of ether oxygens (including phenoxy) is 1. The lowest BCUT2D eigenvalue weighted by Crippen LogP contribution is -2.61. The molecule has 130 valence electrons. The predicted octanol–water partition coefficient (Wildman–Crippen LogP) is 2.31. The Hall–Kier alpha value is -2.25. The first-order chi connectivity index (χ1) is 11.3. The second-order valence-electron chi connectivity index (χ2n) is 6.02. The molecule has 2 saturated heterocycles. The molecule has 3 rings (SSSR count). The van der Waals surface area contributed by atoms with Crippen molar-refractivity contribution in [2.24, 2.45) is 0 Å². The number of nitrogens with zero attached hydrogens (tertiary/aromatic N) is 2. The zero-order valence-corrected chi connectivity index (χ0v) is 13.0. The normalized spacial score (nSPS) is 24.3. The first kappa shape index (κ1) is 16.6. The molecule has 0 radical (unpaired) electrons. The van der Waals surface area contributed by atoms with Crippen LogP contribution in [0, 0.1) is 0 Å². The lowest BCUT2D eigenvalue weighted by Gasteiger charge is -2.41. The van der Waals surface area contributed by atoms with Crippen LogP contribution in [-0.4, -0.2) is 46.6 Å². The smallest absolute Gasteiger partial charge is 0.406 e. The molecule has 1 aromatic rings. The van der Waals surface area contributed by atoms with Gasteiger partial charge in [0.05, 0.1) is 0 Å². The highest BCUT2D eigenvalue weighted by Gasteiger charge is 2.45. The Labute approximate surface area is 137 Å². The van der Waals surface area contributed by atoms with Crippen LogP contribution >= 0.6 is 0 Å². The molecule has 0 bridgehead atoms. The maximum Gasteiger partial charge on any atom is 0.573 e. The molecule has 0 spiro atoms. The highest BCUT2D eigenvalue weighted by molar-refractivity contribution is 5.97. The van der Waals surface area contributed by atoms with Gasteiger partial charge in [-0.15, -0.1) is 13.2 Å². The predicted molar refractivity (Wildman–Crippen MR) is 77.9 cm³/mol. The molecule has 2 fully saturated rings. The second kappa shape index (κ2) is 5.99. The van der Waals surface area contributed by atoms with Crippen molar-refractivity contribution in [2.75, 3.05) is 6.54 Å². The molecule has 0 aliphatic carbocycles. The lowest BCUT2D eigenvalue weighted by molar-refractivity contribution is -0.274. The van der Waals surface area contributed by atoms with Gasteiger partial charge in [0.2, 0.25) is 11.8 Å². The summed E-state index contributed by atoms with van der Waals surface area (Å²) >= 11 is 0. The quantitative estimate of drug-likeness (QED) is 0.847. The maximum atomic E-state index is 12.6. The van der Waals surface area contributed by atoms with Gasteiger partial charge in [0, 0.05) is 13.1 Å². The summed E-state index contributed by atoms with van der Waals surface area (Å²) in [5.74, 6) is -0.494. The van der Waals surface area contributed by atoms with Crippen molar-refractivity contribution < 1.29 is 27.5 Å². The topological polar surface area (TPSA) is 49.9 Å². The fraction of sp³-hybridized carbons (Fsp3) is 0.500. The molecule has 1 aromatic carbocycles. The van der Waals surface area contributed by atoms with E-state index >= 15 is 0 Å². The van der Waals surface area contributed by atoms with Crippen LogP contribution in [0.4, 0.5) is 13.2 Å². The minimum atomic E-state index is -4.74. The van der Waals surface area contributed by atoms with Gasteiger partial charge in [-0.1, -0.05) is 12.1 Å². The largest absolute Gasteiger partial charge is 0.573 e. The van der Waals surface area contributed by atoms with Gasteiger partial charge in [-0.05, 0) is 37.5 Å². The molecule has 2 aliphatic heterocycles. The van der Waals surface area contributed by atoms with Gasteiger partial charge in [0.25, 0.3) is 0 Å². The Balaban J connectivity index is 1.73. The van der Waals surface area contributed by atoms with Crippen LogP contribution in [-0.2, 0) is 16.1 Å². The summed E-state index contributed by atoms with van der Waals surface area (Å²) in [5.41, 5.74) is 0.643. The van der Waals surface area contributed by atoms with E-state index in [1.165, 1.54) is 29.2 Å². The first-order valence-corrected chi connectivity index (χ1v) is 7.72.